The fraction of sp³-hybridized carbons (Fsp3) is 0.400. The Morgan fingerprint density at radius 2 is 1.68 bits per heavy atom. The van der Waals surface area contributed by atoms with Gasteiger partial charge in [-0.15, -0.1) is 24.8 Å². The third-order valence-corrected chi connectivity index (χ3v) is 4.55. The SMILES string of the molecule is COc1ccc([C@H](C(F)F)N2CCNCC2)cc1OCc1ccccc1.Cl.Cl. The third kappa shape index (κ3) is 6.21. The normalized spacial score (nSPS) is 15.3. The Kier molecular flexibility index (Phi) is 10.5. The number of nitrogens with one attached hydrogen (secondary N) is 1. The summed E-state index contributed by atoms with van der Waals surface area (Å²) in [6, 6.07) is 13.9. The Bertz CT molecular complexity index is 702. The van der Waals surface area contributed by atoms with Crippen molar-refractivity contribution in [3.63, 3.8) is 0 Å². The molecular formula is C20H26Cl2F2N2O2. The first-order valence-electron chi connectivity index (χ1n) is 8.76. The summed E-state index contributed by atoms with van der Waals surface area (Å²) in [5.74, 6) is 1.02. The van der Waals surface area contributed by atoms with E-state index in [1.807, 2.05) is 35.2 Å². The van der Waals surface area contributed by atoms with Gasteiger partial charge >= 0.3 is 0 Å². The summed E-state index contributed by atoms with van der Waals surface area (Å²) >= 11 is 0. The van der Waals surface area contributed by atoms with Crippen molar-refractivity contribution < 1.29 is 18.3 Å². The average molecular weight is 435 g/mol. The Hall–Kier alpha value is -1.60. The summed E-state index contributed by atoms with van der Waals surface area (Å²) in [5, 5.41) is 3.20. The van der Waals surface area contributed by atoms with Crippen molar-refractivity contribution >= 4 is 24.8 Å². The van der Waals surface area contributed by atoms with Crippen molar-refractivity contribution in [3.8, 4) is 11.5 Å². The predicted octanol–water partition coefficient (Wildman–Crippen LogP) is 4.33. The van der Waals surface area contributed by atoms with Crippen LogP contribution in [0.1, 0.15) is 17.2 Å². The molecule has 3 rings (SSSR count). The lowest BCUT2D eigenvalue weighted by Gasteiger charge is -2.34. The van der Waals surface area contributed by atoms with Gasteiger partial charge in [0.2, 0.25) is 0 Å². The number of nitrogens with zero attached hydrogens (tertiary/aromatic N) is 1. The summed E-state index contributed by atoms with van der Waals surface area (Å²) < 4.78 is 38.8. The smallest absolute Gasteiger partial charge is 0.258 e. The van der Waals surface area contributed by atoms with Crippen molar-refractivity contribution in [1.29, 1.82) is 0 Å². The minimum absolute atomic E-state index is 0. The summed E-state index contributed by atoms with van der Waals surface area (Å²) in [4.78, 5) is 1.82. The van der Waals surface area contributed by atoms with Crippen LogP contribution in [0.5, 0.6) is 11.5 Å². The molecule has 2 aromatic rings. The Morgan fingerprint density at radius 1 is 1.00 bits per heavy atom. The summed E-state index contributed by atoms with van der Waals surface area (Å²) in [5.41, 5.74) is 1.55. The van der Waals surface area contributed by atoms with Gasteiger partial charge in [0, 0.05) is 26.2 Å². The van der Waals surface area contributed by atoms with Crippen LogP contribution in [0, 0.1) is 0 Å². The molecule has 2 aromatic carbocycles. The summed E-state index contributed by atoms with van der Waals surface area (Å²) in [6.45, 7) is 2.99. The number of alkyl halides is 2. The van der Waals surface area contributed by atoms with Gasteiger partial charge in [0.15, 0.2) is 11.5 Å². The van der Waals surface area contributed by atoms with Crippen molar-refractivity contribution in [1.82, 2.24) is 10.2 Å². The van der Waals surface area contributed by atoms with E-state index in [1.165, 1.54) is 0 Å². The van der Waals surface area contributed by atoms with E-state index in [0.29, 0.717) is 36.8 Å². The fourth-order valence-corrected chi connectivity index (χ4v) is 3.20. The molecule has 0 radical (unpaired) electrons. The van der Waals surface area contributed by atoms with E-state index in [-0.39, 0.29) is 24.8 Å². The highest BCUT2D eigenvalue weighted by Gasteiger charge is 2.30. The van der Waals surface area contributed by atoms with E-state index in [0.717, 1.165) is 18.7 Å². The van der Waals surface area contributed by atoms with Crippen LogP contribution >= 0.6 is 24.8 Å². The maximum atomic E-state index is 13.8. The second-order valence-electron chi connectivity index (χ2n) is 6.25. The number of hydrogen-bond acceptors (Lipinski definition) is 4. The number of methoxy groups -OCH3 is 1. The molecule has 156 valence electrons. The lowest BCUT2D eigenvalue weighted by molar-refractivity contribution is 0.0180. The molecule has 1 aliphatic rings. The molecule has 1 fully saturated rings. The highest BCUT2D eigenvalue weighted by atomic mass is 35.5. The first kappa shape index (κ1) is 24.4. The number of ether oxygens (including phenoxy) is 2. The topological polar surface area (TPSA) is 33.7 Å². The third-order valence-electron chi connectivity index (χ3n) is 4.55. The molecule has 1 N–H and O–H groups in total. The standard InChI is InChI=1S/C20H24F2N2O2.2ClH/c1-25-17-8-7-16(19(20(21)22)24-11-9-23-10-12-24)13-18(17)26-14-15-5-3-2-4-6-15;;/h2-8,13,19-20,23H,9-12,14H2,1H3;2*1H/t19-;;/m1../s1. The molecule has 0 spiro atoms. The maximum absolute atomic E-state index is 13.8. The first-order chi connectivity index (χ1) is 12.7. The Morgan fingerprint density at radius 3 is 2.29 bits per heavy atom. The summed E-state index contributed by atoms with van der Waals surface area (Å²) in [7, 11) is 1.55. The van der Waals surface area contributed by atoms with Crippen LogP contribution in [0.15, 0.2) is 48.5 Å². The van der Waals surface area contributed by atoms with Gasteiger partial charge in [-0.05, 0) is 23.3 Å². The largest absolute Gasteiger partial charge is 0.493 e. The van der Waals surface area contributed by atoms with Crippen LogP contribution in [0.3, 0.4) is 0 Å². The Balaban J connectivity index is 0.00000196. The molecule has 0 unspecified atom stereocenters. The molecule has 28 heavy (non-hydrogen) atoms. The number of halogens is 4. The van der Waals surface area contributed by atoms with Crippen molar-refractivity contribution in [2.75, 3.05) is 33.3 Å². The zero-order valence-corrected chi connectivity index (χ0v) is 17.3. The van der Waals surface area contributed by atoms with E-state index in [2.05, 4.69) is 5.32 Å². The van der Waals surface area contributed by atoms with Gasteiger partial charge in [-0.2, -0.15) is 0 Å². The number of hydrogen-bond donors (Lipinski definition) is 1. The van der Waals surface area contributed by atoms with Crippen LogP contribution in [0.4, 0.5) is 8.78 Å². The molecule has 0 amide bonds. The van der Waals surface area contributed by atoms with E-state index in [4.69, 9.17) is 9.47 Å². The van der Waals surface area contributed by atoms with E-state index < -0.39 is 12.5 Å². The lowest BCUT2D eigenvalue weighted by atomic mass is 10.0. The lowest BCUT2D eigenvalue weighted by Crippen LogP contribution is -2.46. The first-order valence-corrected chi connectivity index (χ1v) is 8.76. The van der Waals surface area contributed by atoms with Crippen LogP contribution in [-0.4, -0.2) is 44.6 Å². The number of benzene rings is 2. The van der Waals surface area contributed by atoms with Crippen LogP contribution < -0.4 is 14.8 Å². The van der Waals surface area contributed by atoms with Crippen LogP contribution in [-0.2, 0) is 6.61 Å². The molecule has 0 saturated carbocycles. The molecule has 0 aromatic heterocycles. The highest BCUT2D eigenvalue weighted by Crippen LogP contribution is 2.35. The second kappa shape index (κ2) is 12.1. The molecule has 1 heterocycles. The molecule has 4 nitrogen and oxygen atoms in total. The molecule has 1 atom stereocenters. The van der Waals surface area contributed by atoms with Crippen molar-refractivity contribution in [2.45, 2.75) is 19.1 Å². The predicted molar refractivity (Wildman–Crippen MR) is 111 cm³/mol. The van der Waals surface area contributed by atoms with E-state index >= 15 is 0 Å². The molecular weight excluding hydrogens is 409 g/mol. The monoisotopic (exact) mass is 434 g/mol. The number of piperazine rings is 1. The minimum Gasteiger partial charge on any atom is -0.493 e. The van der Waals surface area contributed by atoms with Crippen LogP contribution in [0.25, 0.3) is 0 Å². The van der Waals surface area contributed by atoms with Crippen LogP contribution in [0.2, 0.25) is 0 Å². The van der Waals surface area contributed by atoms with Gasteiger partial charge in [0.05, 0.1) is 13.2 Å². The van der Waals surface area contributed by atoms with Crippen molar-refractivity contribution in [2.24, 2.45) is 0 Å². The average Bonchev–Trinajstić information content (AvgIpc) is 2.68. The van der Waals surface area contributed by atoms with E-state index in [9.17, 15) is 8.78 Å². The fourth-order valence-electron chi connectivity index (χ4n) is 3.20. The van der Waals surface area contributed by atoms with Crippen molar-refractivity contribution in [3.05, 3.63) is 59.7 Å². The second-order valence-corrected chi connectivity index (χ2v) is 6.25. The number of rotatable bonds is 7. The molecule has 0 bridgehead atoms. The zero-order valence-electron chi connectivity index (χ0n) is 15.6. The highest BCUT2D eigenvalue weighted by molar-refractivity contribution is 5.85. The van der Waals surface area contributed by atoms with Gasteiger partial charge in [0.25, 0.3) is 6.43 Å². The van der Waals surface area contributed by atoms with Gasteiger partial charge in [-0.3, -0.25) is 4.90 Å². The van der Waals surface area contributed by atoms with Gasteiger partial charge < -0.3 is 14.8 Å². The quantitative estimate of drug-likeness (QED) is 0.702. The Labute approximate surface area is 177 Å². The molecule has 1 aliphatic heterocycles. The van der Waals surface area contributed by atoms with Gasteiger partial charge in [-0.25, -0.2) is 8.78 Å². The minimum atomic E-state index is -2.47. The molecule has 0 aliphatic carbocycles. The van der Waals surface area contributed by atoms with E-state index in [1.54, 1.807) is 25.3 Å². The molecule has 8 heteroatoms. The van der Waals surface area contributed by atoms with Gasteiger partial charge in [-0.1, -0.05) is 36.4 Å². The van der Waals surface area contributed by atoms with Gasteiger partial charge in [0.1, 0.15) is 6.61 Å². The zero-order chi connectivity index (χ0) is 18.4. The summed E-state index contributed by atoms with van der Waals surface area (Å²) in [6.07, 6.45) is -2.47. The maximum Gasteiger partial charge on any atom is 0.258 e. The molecule has 1 saturated heterocycles.